The van der Waals surface area contributed by atoms with E-state index in [4.69, 9.17) is 4.74 Å². The maximum Gasteiger partial charge on any atom is 0.130 e. The van der Waals surface area contributed by atoms with Gasteiger partial charge in [-0.05, 0) is 52.8 Å². The molecule has 0 radical (unpaired) electrons. The van der Waals surface area contributed by atoms with Crippen LogP contribution in [0.2, 0.25) is 0 Å². The van der Waals surface area contributed by atoms with Crippen LogP contribution in [0.4, 0.5) is 0 Å². The van der Waals surface area contributed by atoms with E-state index in [1.807, 2.05) is 24.3 Å². The molecule has 1 aromatic heterocycles. The van der Waals surface area contributed by atoms with Gasteiger partial charge >= 0.3 is 0 Å². The quantitative estimate of drug-likeness (QED) is 0.786. The Morgan fingerprint density at radius 2 is 1.95 bits per heavy atom. The fourth-order valence-corrected chi connectivity index (χ4v) is 2.37. The number of benzene rings is 1. The first-order chi connectivity index (χ1) is 9.69. The highest BCUT2D eigenvalue weighted by Crippen LogP contribution is 2.24. The second-order valence-electron chi connectivity index (χ2n) is 4.29. The molecule has 1 N–H and O–H groups in total. The molecular weight excluding hydrogens is 384 g/mol. The number of nitrogens with one attached hydrogen (secondary N) is 1. The average Bonchev–Trinajstić information content (AvgIpc) is 2.46. The van der Waals surface area contributed by atoms with Crippen molar-refractivity contribution in [2.24, 2.45) is 0 Å². The van der Waals surface area contributed by atoms with Crippen molar-refractivity contribution >= 4 is 31.9 Å². The van der Waals surface area contributed by atoms with Crippen LogP contribution < -0.4 is 10.1 Å². The summed E-state index contributed by atoms with van der Waals surface area (Å²) in [5.41, 5.74) is 2.05. The molecule has 106 valence electrons. The van der Waals surface area contributed by atoms with Gasteiger partial charge in [-0.3, -0.25) is 4.98 Å². The van der Waals surface area contributed by atoms with Gasteiger partial charge in [-0.1, -0.05) is 22.9 Å². The molecule has 0 saturated carbocycles. The molecule has 0 fully saturated rings. The number of rotatable bonds is 6. The summed E-state index contributed by atoms with van der Waals surface area (Å²) < 4.78 is 7.90. The van der Waals surface area contributed by atoms with Crippen LogP contribution >= 0.6 is 31.9 Å². The zero-order chi connectivity index (χ0) is 14.4. The van der Waals surface area contributed by atoms with E-state index >= 15 is 0 Å². The van der Waals surface area contributed by atoms with E-state index in [2.05, 4.69) is 55.2 Å². The lowest BCUT2D eigenvalue weighted by Gasteiger charge is -2.12. The van der Waals surface area contributed by atoms with Gasteiger partial charge in [-0.25, -0.2) is 0 Å². The molecule has 0 atom stereocenters. The topological polar surface area (TPSA) is 34.1 Å². The van der Waals surface area contributed by atoms with Gasteiger partial charge in [0, 0.05) is 27.3 Å². The summed E-state index contributed by atoms with van der Waals surface area (Å²) in [5.74, 6) is 0.888. The van der Waals surface area contributed by atoms with Gasteiger partial charge in [0.15, 0.2) is 0 Å². The molecule has 5 heteroatoms. The summed E-state index contributed by atoms with van der Waals surface area (Å²) in [7, 11) is 0. The maximum atomic E-state index is 5.88. The molecule has 0 unspecified atom stereocenters. The number of hydrogen-bond donors (Lipinski definition) is 1. The van der Waals surface area contributed by atoms with Crippen LogP contribution in [0.1, 0.15) is 18.2 Å². The third-order valence-electron chi connectivity index (χ3n) is 2.75. The summed E-state index contributed by atoms with van der Waals surface area (Å²) >= 11 is 6.86. The van der Waals surface area contributed by atoms with Crippen LogP contribution in [0.5, 0.6) is 5.75 Å². The molecule has 0 aliphatic carbocycles. The number of aromatic nitrogens is 1. The van der Waals surface area contributed by atoms with Crippen molar-refractivity contribution in [3.63, 3.8) is 0 Å². The number of nitrogens with zero attached hydrogens (tertiary/aromatic N) is 1. The van der Waals surface area contributed by atoms with Crippen molar-refractivity contribution in [3.8, 4) is 5.75 Å². The molecule has 0 aliphatic heterocycles. The van der Waals surface area contributed by atoms with Crippen LogP contribution in [0, 0.1) is 0 Å². The lowest BCUT2D eigenvalue weighted by atomic mass is 10.2. The van der Waals surface area contributed by atoms with Crippen molar-refractivity contribution in [1.29, 1.82) is 0 Å². The molecule has 0 aliphatic rings. The highest BCUT2D eigenvalue weighted by atomic mass is 79.9. The highest BCUT2D eigenvalue weighted by molar-refractivity contribution is 9.10. The number of pyridine rings is 1. The van der Waals surface area contributed by atoms with E-state index in [1.54, 1.807) is 6.20 Å². The maximum absolute atomic E-state index is 5.88. The minimum absolute atomic E-state index is 0.466. The van der Waals surface area contributed by atoms with Crippen molar-refractivity contribution in [1.82, 2.24) is 10.3 Å². The largest absolute Gasteiger partial charge is 0.487 e. The van der Waals surface area contributed by atoms with Gasteiger partial charge in [0.25, 0.3) is 0 Å². The lowest BCUT2D eigenvalue weighted by Crippen LogP contribution is -2.13. The van der Waals surface area contributed by atoms with Gasteiger partial charge in [-0.15, -0.1) is 0 Å². The molecule has 0 amide bonds. The van der Waals surface area contributed by atoms with Crippen molar-refractivity contribution < 1.29 is 4.74 Å². The Kier molecular flexibility index (Phi) is 6.01. The van der Waals surface area contributed by atoms with Gasteiger partial charge in [0.2, 0.25) is 0 Å². The first kappa shape index (κ1) is 15.5. The van der Waals surface area contributed by atoms with Gasteiger partial charge in [0.05, 0.1) is 5.69 Å². The van der Waals surface area contributed by atoms with Crippen molar-refractivity contribution in [2.75, 3.05) is 6.54 Å². The number of halogens is 2. The summed E-state index contributed by atoms with van der Waals surface area (Å²) in [4.78, 5) is 4.31. The summed E-state index contributed by atoms with van der Waals surface area (Å²) in [6, 6.07) is 9.96. The molecule has 2 aromatic rings. The van der Waals surface area contributed by atoms with Crippen molar-refractivity contribution in [2.45, 2.75) is 20.1 Å². The van der Waals surface area contributed by atoms with Gasteiger partial charge < -0.3 is 10.1 Å². The average molecular weight is 400 g/mol. The van der Waals surface area contributed by atoms with Crippen LogP contribution in [0.25, 0.3) is 0 Å². The fraction of sp³-hybridized carbons (Fsp3) is 0.267. The summed E-state index contributed by atoms with van der Waals surface area (Å²) in [6.45, 7) is 4.28. The predicted molar refractivity (Wildman–Crippen MR) is 87.8 cm³/mol. The Balaban J connectivity index is 2.06. The van der Waals surface area contributed by atoms with Gasteiger partial charge in [0.1, 0.15) is 12.4 Å². The minimum atomic E-state index is 0.466. The molecule has 20 heavy (non-hydrogen) atoms. The molecule has 3 nitrogen and oxygen atoms in total. The van der Waals surface area contributed by atoms with E-state index in [1.165, 1.54) is 0 Å². The summed E-state index contributed by atoms with van der Waals surface area (Å²) in [6.07, 6.45) is 1.78. The predicted octanol–water partition coefficient (Wildman–Crippen LogP) is 4.30. The standard InChI is InChI=1S/C15H16Br2N2O/c1-2-18-8-11-7-12(16)4-6-15(11)20-10-14-5-3-13(17)9-19-14/h3-7,9,18H,2,8,10H2,1H3. The first-order valence-corrected chi connectivity index (χ1v) is 8.00. The van der Waals surface area contributed by atoms with E-state index in [0.717, 1.165) is 39.0 Å². The third kappa shape index (κ3) is 4.58. The smallest absolute Gasteiger partial charge is 0.130 e. The zero-order valence-electron chi connectivity index (χ0n) is 11.2. The molecule has 1 heterocycles. The van der Waals surface area contributed by atoms with E-state index in [9.17, 15) is 0 Å². The highest BCUT2D eigenvalue weighted by Gasteiger charge is 2.05. The second kappa shape index (κ2) is 7.76. The van der Waals surface area contributed by atoms with Crippen LogP contribution in [0.15, 0.2) is 45.5 Å². The molecule has 0 spiro atoms. The van der Waals surface area contributed by atoms with E-state index in [0.29, 0.717) is 6.61 Å². The minimum Gasteiger partial charge on any atom is -0.487 e. The molecule has 0 bridgehead atoms. The Hall–Kier alpha value is -0.910. The van der Waals surface area contributed by atoms with Gasteiger partial charge in [-0.2, -0.15) is 0 Å². The second-order valence-corrected chi connectivity index (χ2v) is 6.12. The Morgan fingerprint density at radius 3 is 2.65 bits per heavy atom. The molecule has 0 saturated heterocycles. The Labute approximate surface area is 136 Å². The number of hydrogen-bond acceptors (Lipinski definition) is 3. The lowest BCUT2D eigenvalue weighted by molar-refractivity contribution is 0.297. The zero-order valence-corrected chi connectivity index (χ0v) is 14.4. The SMILES string of the molecule is CCNCc1cc(Br)ccc1OCc1ccc(Br)cn1. The normalized spacial score (nSPS) is 10.6. The fourth-order valence-electron chi connectivity index (χ4n) is 1.73. The first-order valence-electron chi connectivity index (χ1n) is 6.41. The van der Waals surface area contributed by atoms with E-state index in [-0.39, 0.29) is 0 Å². The van der Waals surface area contributed by atoms with Crippen LogP contribution in [0.3, 0.4) is 0 Å². The molecule has 2 rings (SSSR count). The molecule has 1 aromatic carbocycles. The Bertz CT molecular complexity index is 558. The van der Waals surface area contributed by atoms with E-state index < -0.39 is 0 Å². The molecular formula is C15H16Br2N2O. The number of ether oxygens (including phenoxy) is 1. The van der Waals surface area contributed by atoms with Crippen molar-refractivity contribution in [3.05, 3.63) is 56.7 Å². The monoisotopic (exact) mass is 398 g/mol. The van der Waals surface area contributed by atoms with Crippen LogP contribution in [-0.2, 0) is 13.2 Å². The van der Waals surface area contributed by atoms with Crippen LogP contribution in [-0.4, -0.2) is 11.5 Å². The third-order valence-corrected chi connectivity index (χ3v) is 3.71. The summed E-state index contributed by atoms with van der Waals surface area (Å²) in [5, 5.41) is 3.32. The Morgan fingerprint density at radius 1 is 1.15 bits per heavy atom.